The van der Waals surface area contributed by atoms with Crippen LogP contribution in [-0.4, -0.2) is 21.1 Å². The molecule has 104 valence electrons. The largest absolute Gasteiger partial charge is 0.383 e. The summed E-state index contributed by atoms with van der Waals surface area (Å²) in [7, 11) is 0. The van der Waals surface area contributed by atoms with E-state index in [2.05, 4.69) is 20.5 Å². The third kappa shape index (κ3) is 2.74. The van der Waals surface area contributed by atoms with E-state index >= 15 is 0 Å². The lowest BCUT2D eigenvalue weighted by molar-refractivity contribution is 0.102. The van der Waals surface area contributed by atoms with Crippen LogP contribution in [0.5, 0.6) is 0 Å². The summed E-state index contributed by atoms with van der Waals surface area (Å²) in [4.78, 5) is 16.3. The van der Waals surface area contributed by atoms with Crippen LogP contribution in [0, 0.1) is 0 Å². The van der Waals surface area contributed by atoms with Crippen molar-refractivity contribution in [3.63, 3.8) is 0 Å². The molecule has 0 aliphatic rings. The van der Waals surface area contributed by atoms with Gasteiger partial charge in [0.2, 0.25) is 0 Å². The number of amides is 1. The third-order valence-corrected chi connectivity index (χ3v) is 3.00. The molecule has 6 nitrogen and oxygen atoms in total. The average molecular weight is 279 g/mol. The second-order valence-electron chi connectivity index (χ2n) is 4.45. The van der Waals surface area contributed by atoms with E-state index in [0.717, 1.165) is 11.4 Å². The predicted molar refractivity (Wildman–Crippen MR) is 80.6 cm³/mol. The maximum Gasteiger partial charge on any atom is 0.257 e. The summed E-state index contributed by atoms with van der Waals surface area (Å²) in [6.45, 7) is 0. The molecule has 0 atom stereocenters. The van der Waals surface area contributed by atoms with E-state index < -0.39 is 0 Å². The van der Waals surface area contributed by atoms with Crippen molar-refractivity contribution in [3.8, 4) is 11.3 Å². The Kier molecular flexibility index (Phi) is 3.34. The number of benzene rings is 1. The Hall–Kier alpha value is -3.15. The van der Waals surface area contributed by atoms with Crippen LogP contribution < -0.4 is 11.1 Å². The van der Waals surface area contributed by atoms with Gasteiger partial charge in [-0.1, -0.05) is 18.2 Å². The van der Waals surface area contributed by atoms with Gasteiger partial charge in [-0.3, -0.25) is 9.89 Å². The van der Waals surface area contributed by atoms with E-state index in [0.29, 0.717) is 16.9 Å². The lowest BCUT2D eigenvalue weighted by Crippen LogP contribution is -2.12. The first kappa shape index (κ1) is 12.9. The zero-order valence-corrected chi connectivity index (χ0v) is 11.1. The van der Waals surface area contributed by atoms with Gasteiger partial charge >= 0.3 is 0 Å². The number of anilines is 2. The molecule has 0 fully saturated rings. The number of hydrogen-bond donors (Lipinski definition) is 3. The number of nitrogen functional groups attached to an aromatic ring is 1. The van der Waals surface area contributed by atoms with Crippen LogP contribution in [-0.2, 0) is 0 Å². The smallest absolute Gasteiger partial charge is 0.257 e. The van der Waals surface area contributed by atoms with Crippen molar-refractivity contribution in [1.29, 1.82) is 0 Å². The van der Waals surface area contributed by atoms with Crippen LogP contribution in [0.1, 0.15) is 10.4 Å². The molecule has 0 saturated carbocycles. The highest BCUT2D eigenvalue weighted by Crippen LogP contribution is 2.23. The average Bonchev–Trinajstić information content (AvgIpc) is 3.03. The third-order valence-electron chi connectivity index (χ3n) is 3.00. The fourth-order valence-electron chi connectivity index (χ4n) is 1.95. The summed E-state index contributed by atoms with van der Waals surface area (Å²) >= 11 is 0. The summed E-state index contributed by atoms with van der Waals surface area (Å²) in [6, 6.07) is 12.7. The van der Waals surface area contributed by atoms with Gasteiger partial charge in [0.1, 0.15) is 5.82 Å². The van der Waals surface area contributed by atoms with Crippen molar-refractivity contribution in [3.05, 3.63) is 60.4 Å². The molecule has 0 aliphatic carbocycles. The first-order valence-electron chi connectivity index (χ1n) is 6.36. The van der Waals surface area contributed by atoms with E-state index in [-0.39, 0.29) is 5.91 Å². The second kappa shape index (κ2) is 5.46. The number of H-pyrrole nitrogens is 1. The summed E-state index contributed by atoms with van der Waals surface area (Å²) in [6.07, 6.45) is 3.07. The molecule has 6 heteroatoms. The van der Waals surface area contributed by atoms with Gasteiger partial charge in [-0.05, 0) is 24.3 Å². The summed E-state index contributed by atoms with van der Waals surface area (Å²) < 4.78 is 0. The number of rotatable bonds is 3. The van der Waals surface area contributed by atoms with E-state index in [9.17, 15) is 4.79 Å². The Bertz CT molecular complexity index is 753. The van der Waals surface area contributed by atoms with Gasteiger partial charge in [-0.25, -0.2) is 4.98 Å². The topological polar surface area (TPSA) is 96.7 Å². The maximum atomic E-state index is 12.2. The number of aromatic amines is 1. The summed E-state index contributed by atoms with van der Waals surface area (Å²) in [5.74, 6) is 0.102. The Balaban J connectivity index is 1.89. The fraction of sp³-hybridized carbons (Fsp3) is 0. The van der Waals surface area contributed by atoms with Crippen LogP contribution in [0.2, 0.25) is 0 Å². The van der Waals surface area contributed by atoms with Crippen molar-refractivity contribution in [2.75, 3.05) is 11.1 Å². The zero-order valence-electron chi connectivity index (χ0n) is 11.1. The van der Waals surface area contributed by atoms with Gasteiger partial charge in [0.25, 0.3) is 5.91 Å². The number of carbonyl (C=O) groups excluding carboxylic acids is 1. The van der Waals surface area contributed by atoms with Gasteiger partial charge in [0.15, 0.2) is 0 Å². The van der Waals surface area contributed by atoms with Gasteiger partial charge in [-0.2, -0.15) is 5.10 Å². The number of nitrogens with two attached hydrogens (primary N) is 1. The highest BCUT2D eigenvalue weighted by atomic mass is 16.1. The summed E-state index contributed by atoms with van der Waals surface area (Å²) in [5, 5.41) is 9.49. The molecule has 2 heterocycles. The fourth-order valence-corrected chi connectivity index (χ4v) is 1.95. The Morgan fingerprint density at radius 1 is 1.19 bits per heavy atom. The molecular formula is C15H13N5O. The molecule has 2 aromatic heterocycles. The number of hydrogen-bond acceptors (Lipinski definition) is 4. The lowest BCUT2D eigenvalue weighted by atomic mass is 10.1. The quantitative estimate of drug-likeness (QED) is 0.685. The molecule has 3 aromatic rings. The Morgan fingerprint density at radius 3 is 2.71 bits per heavy atom. The van der Waals surface area contributed by atoms with Crippen molar-refractivity contribution in [2.24, 2.45) is 0 Å². The van der Waals surface area contributed by atoms with Crippen LogP contribution in [0.25, 0.3) is 11.3 Å². The standard InChI is InChI=1S/C15H13N5O/c16-14-12(13-6-7-18-20-13)8-10(9-17-14)15(21)19-11-4-2-1-3-5-11/h1-9H,(H2,16,17)(H,18,20)(H,19,21). The molecule has 1 aromatic carbocycles. The van der Waals surface area contributed by atoms with Crippen LogP contribution in [0.3, 0.4) is 0 Å². The van der Waals surface area contributed by atoms with Crippen molar-refractivity contribution in [2.45, 2.75) is 0 Å². The zero-order chi connectivity index (χ0) is 14.7. The number of pyridine rings is 1. The number of nitrogens with one attached hydrogen (secondary N) is 2. The van der Waals surface area contributed by atoms with E-state index in [1.54, 1.807) is 18.3 Å². The first-order valence-corrected chi connectivity index (χ1v) is 6.36. The number of carbonyl (C=O) groups is 1. The monoisotopic (exact) mass is 279 g/mol. The highest BCUT2D eigenvalue weighted by molar-refractivity contribution is 6.05. The predicted octanol–water partition coefficient (Wildman–Crippen LogP) is 2.31. The van der Waals surface area contributed by atoms with E-state index in [4.69, 9.17) is 5.73 Å². The molecule has 0 spiro atoms. The van der Waals surface area contributed by atoms with Crippen molar-refractivity contribution < 1.29 is 4.79 Å². The highest BCUT2D eigenvalue weighted by Gasteiger charge is 2.12. The number of aromatic nitrogens is 3. The molecule has 0 aliphatic heterocycles. The molecule has 21 heavy (non-hydrogen) atoms. The Morgan fingerprint density at radius 2 is 2.00 bits per heavy atom. The minimum atomic E-state index is -0.241. The molecule has 3 rings (SSSR count). The van der Waals surface area contributed by atoms with Gasteiger partial charge < -0.3 is 11.1 Å². The SMILES string of the molecule is Nc1ncc(C(=O)Nc2ccccc2)cc1-c1ccn[nH]1. The first-order chi connectivity index (χ1) is 10.2. The minimum Gasteiger partial charge on any atom is -0.383 e. The lowest BCUT2D eigenvalue weighted by Gasteiger charge is -2.07. The second-order valence-corrected chi connectivity index (χ2v) is 4.45. The molecule has 1 amide bonds. The van der Waals surface area contributed by atoms with Crippen molar-refractivity contribution >= 4 is 17.4 Å². The molecule has 0 saturated heterocycles. The number of nitrogens with zero attached hydrogens (tertiary/aromatic N) is 2. The maximum absolute atomic E-state index is 12.2. The normalized spacial score (nSPS) is 10.3. The molecule has 0 bridgehead atoms. The molecule has 0 unspecified atom stereocenters. The van der Waals surface area contributed by atoms with E-state index in [1.807, 2.05) is 30.3 Å². The van der Waals surface area contributed by atoms with Gasteiger partial charge in [0.05, 0.1) is 11.3 Å². The molecule has 0 radical (unpaired) electrons. The van der Waals surface area contributed by atoms with Crippen LogP contribution in [0.15, 0.2) is 54.9 Å². The van der Waals surface area contributed by atoms with Crippen LogP contribution in [0.4, 0.5) is 11.5 Å². The van der Waals surface area contributed by atoms with Crippen LogP contribution >= 0.6 is 0 Å². The molecule has 4 N–H and O–H groups in total. The molecular weight excluding hydrogens is 266 g/mol. The van der Waals surface area contributed by atoms with Crippen molar-refractivity contribution in [1.82, 2.24) is 15.2 Å². The van der Waals surface area contributed by atoms with E-state index in [1.165, 1.54) is 6.20 Å². The number of para-hydroxylation sites is 1. The van der Waals surface area contributed by atoms with Gasteiger partial charge in [-0.15, -0.1) is 0 Å². The van der Waals surface area contributed by atoms with Gasteiger partial charge in [0, 0.05) is 23.6 Å². The minimum absolute atomic E-state index is 0.241. The Labute approximate surface area is 121 Å². The summed E-state index contributed by atoms with van der Waals surface area (Å²) in [5.41, 5.74) is 8.36.